The van der Waals surface area contributed by atoms with Gasteiger partial charge in [-0.15, -0.1) is 0 Å². The zero-order chi connectivity index (χ0) is 31.1. The molecule has 0 atom stereocenters. The molecule has 9 heteroatoms. The molecule has 1 aromatic rings. The molecule has 232 valence electrons. The lowest BCUT2D eigenvalue weighted by atomic mass is 9.83. The van der Waals surface area contributed by atoms with Crippen LogP contribution in [0, 0.1) is 28.6 Å². The summed E-state index contributed by atoms with van der Waals surface area (Å²) in [5.41, 5.74) is 3.91. The molecule has 1 aromatic carbocycles. The van der Waals surface area contributed by atoms with Crippen LogP contribution in [0.3, 0.4) is 0 Å². The molecule has 0 radical (unpaired) electrons. The molecule has 1 amide bonds. The van der Waals surface area contributed by atoms with Crippen molar-refractivity contribution in [2.24, 2.45) is 10.9 Å². The zero-order valence-corrected chi connectivity index (χ0v) is 26.2. The minimum Gasteiger partial charge on any atom is -0.379 e. The Balaban J connectivity index is 1.30. The van der Waals surface area contributed by atoms with Gasteiger partial charge in [-0.25, -0.2) is 0 Å². The number of hydrogen-bond donors (Lipinski definition) is 0. The second-order valence-electron chi connectivity index (χ2n) is 12.5. The van der Waals surface area contributed by atoms with Gasteiger partial charge in [-0.3, -0.25) is 14.7 Å². The molecule has 0 N–H and O–H groups in total. The first-order chi connectivity index (χ1) is 21.4. The number of nitriles is 2. The lowest BCUT2D eigenvalue weighted by Gasteiger charge is -2.44. The maximum atomic E-state index is 13.3. The van der Waals surface area contributed by atoms with E-state index in [4.69, 9.17) is 4.74 Å². The highest BCUT2D eigenvalue weighted by atomic mass is 16.5. The van der Waals surface area contributed by atoms with Crippen LogP contribution in [0.4, 0.5) is 5.69 Å². The average Bonchev–Trinajstić information content (AvgIpc) is 3.03. The molecule has 0 bridgehead atoms. The number of amides is 1. The Kier molecular flexibility index (Phi) is 10.5. The predicted molar refractivity (Wildman–Crippen MR) is 173 cm³/mol. The van der Waals surface area contributed by atoms with E-state index in [0.29, 0.717) is 17.4 Å². The van der Waals surface area contributed by atoms with E-state index in [1.807, 2.05) is 7.05 Å². The van der Waals surface area contributed by atoms with Gasteiger partial charge in [0, 0.05) is 63.7 Å². The van der Waals surface area contributed by atoms with Crippen molar-refractivity contribution in [3.8, 4) is 12.1 Å². The van der Waals surface area contributed by atoms with Crippen LogP contribution in [0.25, 0.3) is 0 Å². The van der Waals surface area contributed by atoms with Crippen molar-refractivity contribution in [1.29, 1.82) is 10.5 Å². The Morgan fingerprint density at radius 3 is 2.30 bits per heavy atom. The van der Waals surface area contributed by atoms with Crippen molar-refractivity contribution in [3.63, 3.8) is 0 Å². The largest absolute Gasteiger partial charge is 0.379 e. The first-order valence-corrected chi connectivity index (χ1v) is 16.0. The van der Waals surface area contributed by atoms with Gasteiger partial charge in [0.25, 0.3) is 5.91 Å². The number of nitrogens with zero attached hydrogens (tertiary/aromatic N) is 7. The normalized spacial score (nSPS) is 26.2. The molecule has 9 nitrogen and oxygen atoms in total. The van der Waals surface area contributed by atoms with E-state index in [0.717, 1.165) is 71.0 Å². The molecule has 44 heavy (non-hydrogen) atoms. The maximum absolute atomic E-state index is 13.3. The summed E-state index contributed by atoms with van der Waals surface area (Å²) in [6.07, 6.45) is 11.1. The minimum absolute atomic E-state index is 0.0541. The van der Waals surface area contributed by atoms with Crippen LogP contribution in [0.1, 0.15) is 50.5 Å². The van der Waals surface area contributed by atoms with Gasteiger partial charge in [-0.1, -0.05) is 25.1 Å². The summed E-state index contributed by atoms with van der Waals surface area (Å²) >= 11 is 0. The number of ether oxygens (including phenoxy) is 1. The first kappa shape index (κ1) is 31.5. The Labute approximate surface area is 262 Å². The van der Waals surface area contributed by atoms with Crippen LogP contribution >= 0.6 is 0 Å². The van der Waals surface area contributed by atoms with Crippen LogP contribution in [-0.2, 0) is 16.1 Å². The summed E-state index contributed by atoms with van der Waals surface area (Å²) in [6, 6.07) is 14.1. The molecule has 4 aliphatic rings. The van der Waals surface area contributed by atoms with E-state index in [2.05, 4.69) is 62.7 Å². The van der Waals surface area contributed by atoms with Crippen molar-refractivity contribution < 1.29 is 9.53 Å². The van der Waals surface area contributed by atoms with Crippen molar-refractivity contribution in [1.82, 2.24) is 14.7 Å². The number of carbonyl (C=O) groups excluding carboxylic acids is 1. The van der Waals surface area contributed by atoms with E-state index in [9.17, 15) is 15.3 Å². The van der Waals surface area contributed by atoms with Crippen LogP contribution in [0.2, 0.25) is 0 Å². The van der Waals surface area contributed by atoms with Crippen LogP contribution in [-0.4, -0.2) is 91.9 Å². The molecular weight excluding hydrogens is 550 g/mol. The minimum atomic E-state index is -0.406. The fraction of sp³-hybridized carbons (Fsp3) is 0.543. The van der Waals surface area contributed by atoms with Crippen molar-refractivity contribution >= 4 is 17.3 Å². The Morgan fingerprint density at radius 1 is 1.00 bits per heavy atom. The summed E-state index contributed by atoms with van der Waals surface area (Å²) < 4.78 is 5.51. The number of benzene rings is 1. The zero-order valence-electron chi connectivity index (χ0n) is 26.2. The number of carbonyl (C=O) groups is 1. The summed E-state index contributed by atoms with van der Waals surface area (Å²) in [5, 5.41) is 19.7. The molecular formula is C35H45N7O2. The molecule has 3 fully saturated rings. The van der Waals surface area contributed by atoms with Gasteiger partial charge in [0.05, 0.1) is 25.5 Å². The summed E-state index contributed by atoms with van der Waals surface area (Å²) in [5.74, 6) is 0.353. The van der Waals surface area contributed by atoms with Crippen LogP contribution < -0.4 is 4.90 Å². The van der Waals surface area contributed by atoms with Crippen molar-refractivity contribution in [2.75, 3.05) is 58.4 Å². The molecule has 2 aliphatic heterocycles. The van der Waals surface area contributed by atoms with E-state index in [-0.39, 0.29) is 23.9 Å². The van der Waals surface area contributed by atoms with E-state index in [1.165, 1.54) is 35.4 Å². The van der Waals surface area contributed by atoms with E-state index >= 15 is 0 Å². The molecule has 0 unspecified atom stereocenters. The lowest BCUT2D eigenvalue weighted by molar-refractivity contribution is -0.123. The monoisotopic (exact) mass is 595 g/mol. The average molecular weight is 596 g/mol. The van der Waals surface area contributed by atoms with Crippen molar-refractivity contribution in [3.05, 3.63) is 65.5 Å². The highest BCUT2D eigenvalue weighted by Gasteiger charge is 2.33. The Hall–Kier alpha value is -3.92. The number of allylic oxidation sites excluding steroid dienone is 2. The van der Waals surface area contributed by atoms with Gasteiger partial charge in [0.2, 0.25) is 0 Å². The number of hydrogen-bond acceptors (Lipinski definition) is 8. The van der Waals surface area contributed by atoms with Gasteiger partial charge in [-0.05, 0) is 74.3 Å². The van der Waals surface area contributed by atoms with E-state index in [1.54, 1.807) is 19.2 Å². The number of anilines is 1. The SMILES string of the molecule is C=C1/C=C\C(C#N)=NC/C(N(C)C2CCC(N(CC3CCC3)c3ccc(CN4CCOCC4)cc3)CC2)=C(/C#N)C(=O)N1C. The van der Waals surface area contributed by atoms with E-state index < -0.39 is 5.91 Å². The molecule has 0 aromatic heterocycles. The summed E-state index contributed by atoms with van der Waals surface area (Å²) in [7, 11) is 3.56. The maximum Gasteiger partial charge on any atom is 0.270 e. The van der Waals surface area contributed by atoms with Gasteiger partial charge in [0.15, 0.2) is 0 Å². The Morgan fingerprint density at radius 2 is 1.68 bits per heavy atom. The third-order valence-electron chi connectivity index (χ3n) is 9.84. The number of morpholine rings is 1. The molecule has 2 saturated carbocycles. The third-order valence-corrected chi connectivity index (χ3v) is 9.84. The predicted octanol–water partition coefficient (Wildman–Crippen LogP) is 4.65. The first-order valence-electron chi connectivity index (χ1n) is 16.0. The second-order valence-corrected chi connectivity index (χ2v) is 12.5. The Bertz CT molecular complexity index is 1360. The van der Waals surface area contributed by atoms with Crippen LogP contribution in [0.5, 0.6) is 0 Å². The fourth-order valence-electron chi connectivity index (χ4n) is 6.68. The van der Waals surface area contributed by atoms with Crippen molar-refractivity contribution in [2.45, 2.75) is 63.6 Å². The topological polar surface area (TPSA) is 99.2 Å². The standard InChI is InChI=1S/C35H45N7O2/c1-26-7-10-29(21-36)38-23-34(33(22-37)35(43)39(26)2)40(3)30-13-15-32(16-14-30)42(25-27-5-4-6-27)31-11-8-28(9-12-31)24-41-17-19-44-20-18-41/h7-12,27,30,32H,1,4-6,13-20,23-25H2,2-3H3/b10-7-,34-33+,38-29?. The fourth-order valence-corrected chi connectivity index (χ4v) is 6.68. The molecule has 2 heterocycles. The van der Waals surface area contributed by atoms with Gasteiger partial charge in [-0.2, -0.15) is 10.5 Å². The number of aliphatic imine (C=N–C) groups is 1. The molecule has 5 rings (SSSR count). The summed E-state index contributed by atoms with van der Waals surface area (Å²) in [4.78, 5) is 26.3. The number of likely N-dealkylation sites (N-methyl/N-ethyl adjacent to an activating group) is 2. The highest BCUT2D eigenvalue weighted by Crippen LogP contribution is 2.35. The quantitative estimate of drug-likeness (QED) is 0.431. The molecule has 0 spiro atoms. The number of rotatable bonds is 8. The van der Waals surface area contributed by atoms with Crippen LogP contribution in [0.15, 0.2) is 65.0 Å². The highest BCUT2D eigenvalue weighted by molar-refractivity contribution is 6.08. The third kappa shape index (κ3) is 7.41. The van der Waals surface area contributed by atoms with Gasteiger partial charge in [0.1, 0.15) is 23.4 Å². The van der Waals surface area contributed by atoms with Gasteiger partial charge >= 0.3 is 0 Å². The lowest BCUT2D eigenvalue weighted by Crippen LogP contribution is -2.46. The molecule has 2 aliphatic carbocycles. The second kappa shape index (κ2) is 14.7. The van der Waals surface area contributed by atoms with Gasteiger partial charge < -0.3 is 19.4 Å². The molecule has 1 saturated heterocycles. The summed E-state index contributed by atoms with van der Waals surface area (Å²) in [6.45, 7) is 9.70. The smallest absolute Gasteiger partial charge is 0.270 e.